The number of nitrogens with one attached hydrogen (secondary N) is 1. The second-order valence-electron chi connectivity index (χ2n) is 6.09. The van der Waals surface area contributed by atoms with Crippen molar-refractivity contribution in [3.05, 3.63) is 69.6 Å². The van der Waals surface area contributed by atoms with Gasteiger partial charge in [-0.3, -0.25) is 4.79 Å². The number of hydrogen-bond donors (Lipinski definition) is 4. The first-order valence-corrected chi connectivity index (χ1v) is 8.34. The van der Waals surface area contributed by atoms with E-state index in [9.17, 15) is 37.8 Å². The van der Waals surface area contributed by atoms with Gasteiger partial charge in [0.2, 0.25) is 5.88 Å². The van der Waals surface area contributed by atoms with E-state index in [1.807, 2.05) is 4.98 Å². The smallest absolute Gasteiger partial charge is 0.433 e. The number of aromatic amines is 1. The van der Waals surface area contributed by atoms with E-state index in [1.54, 1.807) is 0 Å². The molecule has 0 bridgehead atoms. The lowest BCUT2D eigenvalue weighted by Gasteiger charge is -2.13. The second kappa shape index (κ2) is 7.82. The predicted octanol–water partition coefficient (Wildman–Crippen LogP) is 3.23. The Balaban J connectivity index is 2.04. The zero-order valence-corrected chi connectivity index (χ0v) is 15.2. The minimum atomic E-state index is -4.66. The molecule has 0 saturated carbocycles. The van der Waals surface area contributed by atoms with E-state index in [4.69, 9.17) is 10.5 Å². The fraction of sp³-hybridized carbons (Fsp3) is 0.0526. The molecule has 12 heteroatoms. The molecule has 160 valence electrons. The van der Waals surface area contributed by atoms with Crippen LogP contribution in [-0.4, -0.2) is 32.1 Å². The van der Waals surface area contributed by atoms with Gasteiger partial charge in [-0.2, -0.15) is 13.2 Å². The van der Waals surface area contributed by atoms with Crippen molar-refractivity contribution in [3.63, 3.8) is 0 Å². The summed E-state index contributed by atoms with van der Waals surface area (Å²) in [5, 5.41) is 18.8. The van der Waals surface area contributed by atoms with Crippen LogP contribution in [0.5, 0.6) is 11.6 Å². The average molecular weight is 435 g/mol. The van der Waals surface area contributed by atoms with Gasteiger partial charge in [-0.05, 0) is 23.8 Å². The molecule has 0 unspecified atom stereocenters. The molecule has 2 aromatic heterocycles. The number of carboxylic acid groups (broad SMARTS) is 2. The number of ether oxygens (including phenoxy) is 1. The minimum Gasteiger partial charge on any atom is -0.478 e. The molecule has 0 radical (unpaired) electrons. The van der Waals surface area contributed by atoms with Gasteiger partial charge in [-0.1, -0.05) is 18.2 Å². The number of anilines is 1. The maximum absolute atomic E-state index is 12.8. The molecule has 0 aliphatic rings. The number of carbonyl (C=O) groups is 2. The van der Waals surface area contributed by atoms with E-state index in [1.165, 1.54) is 30.3 Å². The topological polar surface area (TPSA) is 156 Å². The number of nitrogen functional groups attached to an aromatic ring is 1. The van der Waals surface area contributed by atoms with E-state index < -0.39 is 51.9 Å². The molecule has 0 atom stereocenters. The normalized spacial score (nSPS) is 11.2. The highest BCUT2D eigenvalue weighted by Gasteiger charge is 2.32. The molecule has 0 fully saturated rings. The molecule has 3 aromatic rings. The summed E-state index contributed by atoms with van der Waals surface area (Å²) in [6, 6.07) is 8.03. The molecule has 31 heavy (non-hydrogen) atoms. The Kier molecular flexibility index (Phi) is 5.39. The van der Waals surface area contributed by atoms with Crippen molar-refractivity contribution in [2.24, 2.45) is 0 Å². The molecular weight excluding hydrogens is 423 g/mol. The molecule has 0 saturated heterocycles. The van der Waals surface area contributed by atoms with Crippen LogP contribution in [0.4, 0.5) is 19.0 Å². The number of halogens is 3. The number of benzene rings is 1. The summed E-state index contributed by atoms with van der Waals surface area (Å²) in [7, 11) is 0. The van der Waals surface area contributed by atoms with Crippen molar-refractivity contribution in [1.82, 2.24) is 9.97 Å². The first kappa shape index (κ1) is 21.4. The van der Waals surface area contributed by atoms with Gasteiger partial charge < -0.3 is 25.7 Å². The van der Waals surface area contributed by atoms with Crippen molar-refractivity contribution in [2.45, 2.75) is 6.18 Å². The number of aromatic nitrogens is 2. The van der Waals surface area contributed by atoms with E-state index >= 15 is 0 Å². The van der Waals surface area contributed by atoms with Crippen LogP contribution in [0.25, 0.3) is 11.1 Å². The number of carboxylic acids is 2. The molecule has 0 aliphatic heterocycles. The van der Waals surface area contributed by atoms with E-state index in [0.717, 1.165) is 12.1 Å². The standard InChI is InChI=1S/C19H12F3N3O6/c20-19(21,22)10-2-1-3-11(24-10)31-9-6-4-8(5-7-9)12-13(17(27)28)15(23)25-16(26)14(12)18(29)30/h1-7H,(H,27,28)(H,29,30)(H3,23,25,26). The number of nitrogens with two attached hydrogens (primary N) is 1. The van der Waals surface area contributed by atoms with Crippen LogP contribution < -0.4 is 16.0 Å². The van der Waals surface area contributed by atoms with Crippen LogP contribution in [0.2, 0.25) is 0 Å². The Bertz CT molecular complexity index is 1240. The lowest BCUT2D eigenvalue weighted by Crippen LogP contribution is -2.24. The highest BCUT2D eigenvalue weighted by molar-refractivity contribution is 6.07. The molecular formula is C19H12F3N3O6. The molecule has 2 heterocycles. The molecule has 9 nitrogen and oxygen atoms in total. The van der Waals surface area contributed by atoms with Gasteiger partial charge in [-0.15, -0.1) is 0 Å². The minimum absolute atomic E-state index is 0.0111. The summed E-state index contributed by atoms with van der Waals surface area (Å²) in [6.45, 7) is 0. The van der Waals surface area contributed by atoms with Gasteiger partial charge in [0.05, 0.1) is 0 Å². The van der Waals surface area contributed by atoms with Crippen molar-refractivity contribution < 1.29 is 37.7 Å². The van der Waals surface area contributed by atoms with Gasteiger partial charge in [0.1, 0.15) is 28.4 Å². The van der Waals surface area contributed by atoms with Crippen LogP contribution in [-0.2, 0) is 6.18 Å². The van der Waals surface area contributed by atoms with Gasteiger partial charge >= 0.3 is 18.1 Å². The van der Waals surface area contributed by atoms with Gasteiger partial charge in [0, 0.05) is 11.6 Å². The SMILES string of the molecule is Nc1[nH]c(=O)c(C(=O)O)c(-c2ccc(Oc3cccc(C(F)(F)F)n3)cc2)c1C(=O)O. The van der Waals surface area contributed by atoms with Crippen molar-refractivity contribution in [3.8, 4) is 22.8 Å². The largest absolute Gasteiger partial charge is 0.478 e. The van der Waals surface area contributed by atoms with E-state index in [0.29, 0.717) is 0 Å². The van der Waals surface area contributed by atoms with Crippen LogP contribution in [0.3, 0.4) is 0 Å². The van der Waals surface area contributed by atoms with Crippen molar-refractivity contribution in [2.75, 3.05) is 5.73 Å². The average Bonchev–Trinajstić information content (AvgIpc) is 2.67. The van der Waals surface area contributed by atoms with Gasteiger partial charge in [-0.25, -0.2) is 14.6 Å². The van der Waals surface area contributed by atoms with E-state index in [-0.39, 0.29) is 17.2 Å². The van der Waals surface area contributed by atoms with Crippen molar-refractivity contribution in [1.29, 1.82) is 0 Å². The third-order valence-corrected chi connectivity index (χ3v) is 4.05. The van der Waals surface area contributed by atoms with Crippen molar-refractivity contribution >= 4 is 17.8 Å². The highest BCUT2D eigenvalue weighted by Crippen LogP contribution is 2.32. The summed E-state index contributed by atoms with van der Waals surface area (Å²) in [5.74, 6) is -4.10. The molecule has 5 N–H and O–H groups in total. The number of hydrogen-bond acceptors (Lipinski definition) is 6. The number of rotatable bonds is 5. The fourth-order valence-corrected chi connectivity index (χ4v) is 2.78. The Morgan fingerprint density at radius 1 is 1.00 bits per heavy atom. The maximum Gasteiger partial charge on any atom is 0.433 e. The zero-order chi connectivity index (χ0) is 22.9. The molecule has 0 spiro atoms. The summed E-state index contributed by atoms with van der Waals surface area (Å²) in [5.41, 5.74) is 1.43. The quantitative estimate of drug-likeness (QED) is 0.476. The molecule has 3 rings (SSSR count). The lowest BCUT2D eigenvalue weighted by molar-refractivity contribution is -0.141. The predicted molar refractivity (Wildman–Crippen MR) is 100 cm³/mol. The zero-order valence-electron chi connectivity index (χ0n) is 15.2. The number of nitrogens with zero attached hydrogens (tertiary/aromatic N) is 1. The highest BCUT2D eigenvalue weighted by atomic mass is 19.4. The number of alkyl halides is 3. The van der Waals surface area contributed by atoms with Crippen LogP contribution in [0, 0.1) is 0 Å². The number of H-pyrrole nitrogens is 1. The van der Waals surface area contributed by atoms with Gasteiger partial charge in [0.15, 0.2) is 0 Å². The van der Waals surface area contributed by atoms with Crippen LogP contribution in [0.15, 0.2) is 47.3 Å². The third-order valence-electron chi connectivity index (χ3n) is 4.05. The first-order chi connectivity index (χ1) is 14.5. The van der Waals surface area contributed by atoms with Crippen LogP contribution in [0.1, 0.15) is 26.4 Å². The van der Waals surface area contributed by atoms with Gasteiger partial charge in [0.25, 0.3) is 5.56 Å². The summed E-state index contributed by atoms with van der Waals surface area (Å²) < 4.78 is 43.6. The monoisotopic (exact) mass is 435 g/mol. The fourth-order valence-electron chi connectivity index (χ4n) is 2.78. The summed E-state index contributed by atoms with van der Waals surface area (Å²) in [6.07, 6.45) is -4.66. The second-order valence-corrected chi connectivity index (χ2v) is 6.09. The lowest BCUT2D eigenvalue weighted by atomic mass is 9.95. The Morgan fingerprint density at radius 3 is 2.16 bits per heavy atom. The first-order valence-electron chi connectivity index (χ1n) is 8.34. The number of aromatic carboxylic acids is 2. The van der Waals surface area contributed by atoms with E-state index in [2.05, 4.69) is 4.98 Å². The molecule has 0 aliphatic carbocycles. The van der Waals surface area contributed by atoms with Crippen LogP contribution >= 0.6 is 0 Å². The summed E-state index contributed by atoms with van der Waals surface area (Å²) >= 11 is 0. The third kappa shape index (κ3) is 4.32. The summed E-state index contributed by atoms with van der Waals surface area (Å²) in [4.78, 5) is 40.5. The Labute approximate surface area is 170 Å². The molecule has 0 amide bonds. The molecule has 1 aromatic carbocycles. The number of pyridine rings is 2. The Hall–Kier alpha value is -4.35. The Morgan fingerprint density at radius 2 is 1.61 bits per heavy atom. The maximum atomic E-state index is 12.8.